The lowest BCUT2D eigenvalue weighted by Gasteiger charge is -2.13. The van der Waals surface area contributed by atoms with E-state index in [-0.39, 0.29) is 34.9 Å². The van der Waals surface area contributed by atoms with Crippen molar-refractivity contribution in [3.63, 3.8) is 0 Å². The zero-order chi connectivity index (χ0) is 20.8. The van der Waals surface area contributed by atoms with E-state index >= 15 is 0 Å². The number of para-hydroxylation sites is 1. The van der Waals surface area contributed by atoms with Crippen molar-refractivity contribution in [1.29, 1.82) is 0 Å². The Labute approximate surface area is 160 Å². The zero-order valence-electron chi connectivity index (χ0n) is 14.8. The third kappa shape index (κ3) is 6.24. The normalized spacial score (nSPS) is 11.9. The molecule has 2 rings (SSSR count). The van der Waals surface area contributed by atoms with E-state index in [2.05, 4.69) is 10.1 Å². The number of carbonyl (C=O) groups is 1. The second kappa shape index (κ2) is 9.07. The molecule has 152 valence electrons. The van der Waals surface area contributed by atoms with Crippen LogP contribution in [0.5, 0.6) is 5.75 Å². The minimum atomic E-state index is -4.84. The number of alkyl halides is 3. The molecular formula is C18H18F3NO5S. The van der Waals surface area contributed by atoms with Gasteiger partial charge in [0.2, 0.25) is 0 Å². The number of hydrogen-bond acceptors (Lipinski definition) is 5. The average Bonchev–Trinajstić information content (AvgIpc) is 2.64. The summed E-state index contributed by atoms with van der Waals surface area (Å²) in [4.78, 5) is 12.3. The first-order chi connectivity index (χ1) is 13.1. The fourth-order valence-electron chi connectivity index (χ4n) is 2.28. The van der Waals surface area contributed by atoms with E-state index in [1.165, 1.54) is 49.6 Å². The summed E-state index contributed by atoms with van der Waals surface area (Å²) in [6, 6.07) is 10.7. The Morgan fingerprint density at radius 2 is 1.71 bits per heavy atom. The Morgan fingerprint density at radius 1 is 1.07 bits per heavy atom. The van der Waals surface area contributed by atoms with E-state index in [1.54, 1.807) is 0 Å². The van der Waals surface area contributed by atoms with Crippen LogP contribution in [0.15, 0.2) is 53.4 Å². The van der Waals surface area contributed by atoms with Gasteiger partial charge in [0.05, 0.1) is 17.3 Å². The summed E-state index contributed by atoms with van der Waals surface area (Å²) in [6.07, 6.45) is -4.84. The van der Waals surface area contributed by atoms with Gasteiger partial charge in [-0.25, -0.2) is 8.42 Å². The van der Waals surface area contributed by atoms with E-state index in [0.29, 0.717) is 0 Å². The number of carbonyl (C=O) groups excluding carboxylic acids is 1. The van der Waals surface area contributed by atoms with Crippen LogP contribution in [0, 0.1) is 0 Å². The number of nitrogens with one attached hydrogen (secondary N) is 1. The summed E-state index contributed by atoms with van der Waals surface area (Å²) < 4.78 is 70.1. The van der Waals surface area contributed by atoms with E-state index in [1.807, 2.05) is 0 Å². The highest BCUT2D eigenvalue weighted by Gasteiger charge is 2.32. The minimum absolute atomic E-state index is 0.0456. The number of ether oxygens (including phenoxy) is 2. The number of amides is 1. The molecule has 6 nitrogen and oxygen atoms in total. The quantitative estimate of drug-likeness (QED) is 0.714. The first kappa shape index (κ1) is 21.7. The summed E-state index contributed by atoms with van der Waals surface area (Å²) in [5.74, 6) is -1.16. The maximum absolute atomic E-state index is 12.4. The molecule has 0 aliphatic carbocycles. The van der Waals surface area contributed by atoms with Crippen LogP contribution in [0.25, 0.3) is 0 Å². The van der Waals surface area contributed by atoms with Crippen molar-refractivity contribution in [3.05, 3.63) is 59.7 Å². The van der Waals surface area contributed by atoms with Crippen LogP contribution in [-0.4, -0.2) is 40.2 Å². The van der Waals surface area contributed by atoms with Gasteiger partial charge in [0.15, 0.2) is 9.84 Å². The molecule has 1 amide bonds. The predicted octanol–water partition coefficient (Wildman–Crippen LogP) is 2.94. The lowest BCUT2D eigenvalue weighted by atomic mass is 10.2. The summed E-state index contributed by atoms with van der Waals surface area (Å²) in [5, 5.41) is 2.48. The monoisotopic (exact) mass is 417 g/mol. The summed E-state index contributed by atoms with van der Waals surface area (Å²) in [6.45, 7) is -0.150. The van der Waals surface area contributed by atoms with Gasteiger partial charge in [-0.2, -0.15) is 0 Å². The highest BCUT2D eigenvalue weighted by molar-refractivity contribution is 7.91. The number of methoxy groups -OCH3 is 1. The molecule has 0 aliphatic rings. The highest BCUT2D eigenvalue weighted by Crippen LogP contribution is 2.26. The van der Waals surface area contributed by atoms with Crippen LogP contribution in [-0.2, 0) is 21.1 Å². The summed E-state index contributed by atoms with van der Waals surface area (Å²) in [7, 11) is -2.13. The van der Waals surface area contributed by atoms with Gasteiger partial charge >= 0.3 is 6.36 Å². The fraction of sp³-hybridized carbons (Fsp3) is 0.278. The smallest absolute Gasteiger partial charge is 0.405 e. The molecule has 28 heavy (non-hydrogen) atoms. The molecule has 2 aromatic rings. The number of halogens is 3. The van der Waals surface area contributed by atoms with Crippen molar-refractivity contribution >= 4 is 15.7 Å². The van der Waals surface area contributed by atoms with Gasteiger partial charge in [-0.3, -0.25) is 4.79 Å². The molecule has 0 atom stereocenters. The van der Waals surface area contributed by atoms with E-state index in [9.17, 15) is 26.4 Å². The van der Waals surface area contributed by atoms with Crippen molar-refractivity contribution in [2.24, 2.45) is 0 Å². The molecule has 0 fully saturated rings. The largest absolute Gasteiger partial charge is 0.573 e. The minimum Gasteiger partial charge on any atom is -0.405 e. The van der Waals surface area contributed by atoms with Crippen LogP contribution < -0.4 is 10.1 Å². The van der Waals surface area contributed by atoms with Crippen LogP contribution in [0.2, 0.25) is 0 Å². The maximum Gasteiger partial charge on any atom is 0.573 e. The van der Waals surface area contributed by atoms with Gasteiger partial charge in [0.1, 0.15) is 5.75 Å². The van der Waals surface area contributed by atoms with Crippen molar-refractivity contribution in [3.8, 4) is 5.75 Å². The number of rotatable bonds is 8. The molecule has 0 unspecified atom stereocenters. The van der Waals surface area contributed by atoms with E-state index < -0.39 is 27.9 Å². The second-order valence-electron chi connectivity index (χ2n) is 5.67. The lowest BCUT2D eigenvalue weighted by Crippen LogP contribution is -2.24. The predicted molar refractivity (Wildman–Crippen MR) is 94.7 cm³/mol. The topological polar surface area (TPSA) is 81.7 Å². The van der Waals surface area contributed by atoms with Gasteiger partial charge in [-0.05, 0) is 30.3 Å². The molecular weight excluding hydrogens is 399 g/mol. The Bertz CT molecular complexity index is 912. The summed E-state index contributed by atoms with van der Waals surface area (Å²) in [5.41, 5.74) is 0.312. The molecule has 2 aromatic carbocycles. The third-order valence-electron chi connectivity index (χ3n) is 3.67. The Kier molecular flexibility index (Phi) is 7.03. The maximum atomic E-state index is 12.4. The number of benzene rings is 2. The van der Waals surface area contributed by atoms with Crippen molar-refractivity contribution < 1.29 is 35.9 Å². The van der Waals surface area contributed by atoms with Gasteiger partial charge in [-0.15, -0.1) is 13.2 Å². The first-order valence-corrected chi connectivity index (χ1v) is 9.71. The summed E-state index contributed by atoms with van der Waals surface area (Å²) >= 11 is 0. The molecule has 10 heteroatoms. The fourth-order valence-corrected chi connectivity index (χ4v) is 3.45. The average molecular weight is 417 g/mol. The lowest BCUT2D eigenvalue weighted by molar-refractivity contribution is -0.274. The van der Waals surface area contributed by atoms with Crippen LogP contribution in [0.4, 0.5) is 13.2 Å². The first-order valence-electron chi connectivity index (χ1n) is 8.06. The van der Waals surface area contributed by atoms with Crippen molar-refractivity contribution in [1.82, 2.24) is 5.32 Å². The molecule has 0 bridgehead atoms. The van der Waals surface area contributed by atoms with Crippen LogP contribution >= 0.6 is 0 Å². The second-order valence-corrected chi connectivity index (χ2v) is 7.78. The third-order valence-corrected chi connectivity index (χ3v) is 5.36. The Hall–Kier alpha value is -2.59. The van der Waals surface area contributed by atoms with Crippen molar-refractivity contribution in [2.45, 2.75) is 17.8 Å². The Balaban J connectivity index is 2.05. The molecule has 0 spiro atoms. The van der Waals surface area contributed by atoms with Crippen molar-refractivity contribution in [2.75, 3.05) is 19.5 Å². The standard InChI is InChI=1S/C18H18F3NO5S/c1-26-10-11-28(24,25)15-8-6-13(7-9-15)17(23)22-12-14-4-2-3-5-16(14)27-18(19,20)21/h2-9H,10-12H2,1H3,(H,22,23). The molecule has 0 aromatic heterocycles. The SMILES string of the molecule is COCCS(=O)(=O)c1ccc(C(=O)NCc2ccccc2OC(F)(F)F)cc1. The zero-order valence-corrected chi connectivity index (χ0v) is 15.6. The molecule has 0 saturated carbocycles. The van der Waals surface area contributed by atoms with Crippen LogP contribution in [0.3, 0.4) is 0 Å². The number of sulfone groups is 1. The molecule has 0 aliphatic heterocycles. The molecule has 0 heterocycles. The van der Waals surface area contributed by atoms with Gasteiger partial charge in [0, 0.05) is 24.8 Å². The van der Waals surface area contributed by atoms with E-state index in [4.69, 9.17) is 4.74 Å². The number of hydrogen-bond donors (Lipinski definition) is 1. The van der Waals surface area contributed by atoms with Gasteiger partial charge < -0.3 is 14.8 Å². The van der Waals surface area contributed by atoms with Crippen LogP contribution in [0.1, 0.15) is 15.9 Å². The Morgan fingerprint density at radius 3 is 2.32 bits per heavy atom. The molecule has 1 N–H and O–H groups in total. The highest BCUT2D eigenvalue weighted by atomic mass is 32.2. The van der Waals surface area contributed by atoms with Gasteiger partial charge in [0.25, 0.3) is 5.91 Å². The van der Waals surface area contributed by atoms with E-state index in [0.717, 1.165) is 6.07 Å². The van der Waals surface area contributed by atoms with Gasteiger partial charge in [-0.1, -0.05) is 18.2 Å². The molecule has 0 saturated heterocycles. The molecule has 0 radical (unpaired) electrons.